The van der Waals surface area contributed by atoms with Crippen molar-refractivity contribution in [3.63, 3.8) is 0 Å². The van der Waals surface area contributed by atoms with Crippen molar-refractivity contribution in [3.8, 4) is 11.5 Å². The van der Waals surface area contributed by atoms with Crippen LogP contribution in [0, 0.1) is 5.92 Å². The fraction of sp³-hybridized carbons (Fsp3) is 0.667. The molecule has 3 aliphatic heterocycles. The molecule has 1 aromatic carbocycles. The average molecular weight is 303 g/mol. The van der Waals surface area contributed by atoms with Gasteiger partial charge in [-0.25, -0.2) is 0 Å². The van der Waals surface area contributed by atoms with Gasteiger partial charge >= 0.3 is 0 Å². The van der Waals surface area contributed by atoms with Crippen LogP contribution in [0.25, 0.3) is 0 Å². The minimum Gasteiger partial charge on any atom is -0.493 e. The molecule has 0 unspecified atom stereocenters. The van der Waals surface area contributed by atoms with E-state index in [-0.39, 0.29) is 11.7 Å². The molecule has 0 bridgehead atoms. The Morgan fingerprint density at radius 2 is 2.18 bits per heavy atom. The molecule has 120 valence electrons. The fourth-order valence-electron chi connectivity index (χ4n) is 4.31. The summed E-state index contributed by atoms with van der Waals surface area (Å²) in [6.45, 7) is 5.45. The van der Waals surface area contributed by atoms with Gasteiger partial charge in [-0.3, -0.25) is 0 Å². The van der Waals surface area contributed by atoms with E-state index in [0.717, 1.165) is 36.4 Å². The number of methoxy groups -OCH3 is 1. The van der Waals surface area contributed by atoms with Crippen LogP contribution in [0.3, 0.4) is 0 Å². The molecule has 2 fully saturated rings. The lowest BCUT2D eigenvalue weighted by Crippen LogP contribution is -2.57. The molecule has 3 heterocycles. The molecule has 0 amide bonds. The number of piperidine rings is 1. The minimum atomic E-state index is -0.254. The molecular weight excluding hydrogens is 278 g/mol. The van der Waals surface area contributed by atoms with Crippen LogP contribution in [0.5, 0.6) is 11.5 Å². The number of hydrogen-bond donors (Lipinski definition) is 1. The Balaban J connectivity index is 1.75. The first-order valence-corrected chi connectivity index (χ1v) is 8.35. The van der Waals surface area contributed by atoms with Gasteiger partial charge in [0, 0.05) is 17.5 Å². The second-order valence-corrected chi connectivity index (χ2v) is 7.22. The molecule has 0 spiro atoms. The Labute approximate surface area is 132 Å². The van der Waals surface area contributed by atoms with E-state index in [1.54, 1.807) is 7.11 Å². The van der Waals surface area contributed by atoms with Crippen LogP contribution in [0.2, 0.25) is 0 Å². The van der Waals surface area contributed by atoms with Crippen LogP contribution in [0.1, 0.15) is 44.8 Å². The Hall–Kier alpha value is -1.26. The highest BCUT2D eigenvalue weighted by molar-refractivity contribution is 5.50. The van der Waals surface area contributed by atoms with E-state index in [1.165, 1.54) is 6.42 Å². The third-order valence-electron chi connectivity index (χ3n) is 5.51. The first-order chi connectivity index (χ1) is 10.6. The summed E-state index contributed by atoms with van der Waals surface area (Å²) in [4.78, 5) is 0. The van der Waals surface area contributed by atoms with Crippen molar-refractivity contribution in [2.24, 2.45) is 5.92 Å². The molecule has 0 aromatic heterocycles. The molecule has 3 aliphatic rings. The van der Waals surface area contributed by atoms with Crippen LogP contribution in [-0.2, 0) is 4.74 Å². The van der Waals surface area contributed by atoms with E-state index < -0.39 is 0 Å². The molecule has 1 aromatic rings. The maximum Gasteiger partial charge on any atom is 0.167 e. The van der Waals surface area contributed by atoms with Gasteiger partial charge in [-0.1, -0.05) is 12.1 Å². The van der Waals surface area contributed by atoms with Gasteiger partial charge in [0.1, 0.15) is 5.60 Å². The maximum atomic E-state index is 6.56. The Morgan fingerprint density at radius 1 is 1.32 bits per heavy atom. The predicted molar refractivity (Wildman–Crippen MR) is 84.4 cm³/mol. The molecule has 2 saturated heterocycles. The minimum absolute atomic E-state index is 0.106. The molecule has 0 saturated carbocycles. The van der Waals surface area contributed by atoms with Crippen LogP contribution in [0.15, 0.2) is 18.2 Å². The Bertz CT molecular complexity index is 571. The lowest BCUT2D eigenvalue weighted by Gasteiger charge is -2.52. The normalized spacial score (nSPS) is 35.6. The smallest absolute Gasteiger partial charge is 0.167 e. The van der Waals surface area contributed by atoms with E-state index in [0.29, 0.717) is 18.1 Å². The SMILES string of the molecule is COc1cccc2c1OC(C)(C)[C@@H]1C[C@H]3NCCC[C@H]3O[C@@H]21. The van der Waals surface area contributed by atoms with Gasteiger partial charge in [0.25, 0.3) is 0 Å². The number of fused-ring (bicyclic) bond motifs is 4. The summed E-state index contributed by atoms with van der Waals surface area (Å²) in [5, 5.41) is 3.63. The summed E-state index contributed by atoms with van der Waals surface area (Å²) in [6, 6.07) is 6.58. The van der Waals surface area contributed by atoms with E-state index in [4.69, 9.17) is 14.2 Å². The van der Waals surface area contributed by atoms with Gasteiger partial charge in [-0.2, -0.15) is 0 Å². The first kappa shape index (κ1) is 14.3. The van der Waals surface area contributed by atoms with Crippen molar-refractivity contribution >= 4 is 0 Å². The standard InChI is InChI=1S/C18H25NO3/c1-18(2)12-10-13-14(8-5-9-19-13)21-16(12)11-6-4-7-15(20-3)17(11)22-18/h4,6-7,12-14,16,19H,5,8-10H2,1-3H3/t12-,13-,14-,16+/m1/s1. The molecule has 0 aliphatic carbocycles. The van der Waals surface area contributed by atoms with Gasteiger partial charge in [-0.15, -0.1) is 0 Å². The van der Waals surface area contributed by atoms with Gasteiger partial charge in [-0.05, 0) is 45.7 Å². The summed E-state index contributed by atoms with van der Waals surface area (Å²) < 4.78 is 18.4. The third-order valence-corrected chi connectivity index (χ3v) is 5.51. The van der Waals surface area contributed by atoms with Crippen LogP contribution >= 0.6 is 0 Å². The summed E-state index contributed by atoms with van der Waals surface area (Å²) in [5.41, 5.74) is 0.892. The van der Waals surface area contributed by atoms with E-state index in [1.807, 2.05) is 12.1 Å². The number of para-hydroxylation sites is 1. The van der Waals surface area contributed by atoms with Crippen molar-refractivity contribution in [1.82, 2.24) is 5.32 Å². The molecule has 4 rings (SSSR count). The summed E-state index contributed by atoms with van der Waals surface area (Å²) in [6.07, 6.45) is 3.89. The monoisotopic (exact) mass is 303 g/mol. The Morgan fingerprint density at radius 3 is 3.00 bits per heavy atom. The van der Waals surface area contributed by atoms with Gasteiger partial charge < -0.3 is 19.5 Å². The third kappa shape index (κ3) is 2.12. The van der Waals surface area contributed by atoms with E-state index >= 15 is 0 Å². The summed E-state index contributed by atoms with van der Waals surface area (Å²) in [5.74, 6) is 2.02. The number of rotatable bonds is 1. The number of benzene rings is 1. The molecule has 0 radical (unpaired) electrons. The topological polar surface area (TPSA) is 39.7 Å². The van der Waals surface area contributed by atoms with Crippen molar-refractivity contribution in [2.45, 2.75) is 57.0 Å². The second kappa shape index (κ2) is 5.14. The maximum absolute atomic E-state index is 6.56. The molecule has 4 heteroatoms. The van der Waals surface area contributed by atoms with Crippen molar-refractivity contribution < 1.29 is 14.2 Å². The Kier molecular flexibility index (Phi) is 3.35. The quantitative estimate of drug-likeness (QED) is 0.865. The largest absolute Gasteiger partial charge is 0.493 e. The zero-order valence-electron chi connectivity index (χ0n) is 13.6. The number of ether oxygens (including phenoxy) is 3. The first-order valence-electron chi connectivity index (χ1n) is 8.35. The molecule has 4 atom stereocenters. The average Bonchev–Trinajstić information content (AvgIpc) is 2.53. The highest BCUT2D eigenvalue weighted by Gasteiger charge is 2.51. The lowest BCUT2D eigenvalue weighted by atomic mass is 9.73. The van der Waals surface area contributed by atoms with Gasteiger partial charge in [0.15, 0.2) is 11.5 Å². The van der Waals surface area contributed by atoms with Crippen molar-refractivity contribution in [2.75, 3.05) is 13.7 Å². The lowest BCUT2D eigenvalue weighted by molar-refractivity contribution is -0.168. The van der Waals surface area contributed by atoms with Crippen LogP contribution in [0.4, 0.5) is 0 Å². The highest BCUT2D eigenvalue weighted by Crippen LogP contribution is 2.53. The van der Waals surface area contributed by atoms with Gasteiger partial charge in [0.05, 0.1) is 19.3 Å². The second-order valence-electron chi connectivity index (χ2n) is 7.22. The summed E-state index contributed by atoms with van der Waals surface area (Å²) >= 11 is 0. The molecule has 22 heavy (non-hydrogen) atoms. The fourth-order valence-corrected chi connectivity index (χ4v) is 4.31. The zero-order valence-corrected chi connectivity index (χ0v) is 13.6. The van der Waals surface area contributed by atoms with E-state index in [2.05, 4.69) is 25.2 Å². The molecule has 1 N–H and O–H groups in total. The van der Waals surface area contributed by atoms with Crippen LogP contribution < -0.4 is 14.8 Å². The zero-order chi connectivity index (χ0) is 15.3. The number of hydrogen-bond acceptors (Lipinski definition) is 4. The molecular formula is C18H25NO3. The van der Waals surface area contributed by atoms with Gasteiger partial charge in [0.2, 0.25) is 0 Å². The van der Waals surface area contributed by atoms with E-state index in [9.17, 15) is 0 Å². The predicted octanol–water partition coefficient (Wildman–Crippen LogP) is 3.06. The van der Waals surface area contributed by atoms with Crippen molar-refractivity contribution in [1.29, 1.82) is 0 Å². The molecule has 4 nitrogen and oxygen atoms in total. The number of nitrogens with one attached hydrogen (secondary N) is 1. The van der Waals surface area contributed by atoms with Crippen LogP contribution in [-0.4, -0.2) is 31.4 Å². The van der Waals surface area contributed by atoms with Crippen molar-refractivity contribution in [3.05, 3.63) is 23.8 Å². The highest BCUT2D eigenvalue weighted by atomic mass is 16.5. The summed E-state index contributed by atoms with van der Waals surface area (Å²) in [7, 11) is 1.70.